The highest BCUT2D eigenvalue weighted by Gasteiger charge is 2.38. The average Bonchev–Trinajstić information content (AvgIpc) is 2.82. The molecule has 0 spiro atoms. The number of hydrogen-bond donors (Lipinski definition) is 0. The molecule has 0 atom stereocenters. The number of ketones is 1. The zero-order chi connectivity index (χ0) is 18.2. The van der Waals surface area contributed by atoms with E-state index < -0.39 is 15.6 Å². The number of benzene rings is 2. The lowest BCUT2D eigenvalue weighted by molar-refractivity contribution is 0.104. The fourth-order valence-corrected chi connectivity index (χ4v) is 4.33. The number of ether oxygens (including phenoxy) is 3. The summed E-state index contributed by atoms with van der Waals surface area (Å²) in [6.45, 7) is 0. The average molecular weight is 360 g/mol. The van der Waals surface area contributed by atoms with E-state index in [9.17, 15) is 13.2 Å². The summed E-state index contributed by atoms with van der Waals surface area (Å²) in [6.07, 6.45) is 1.32. The third-order valence-corrected chi connectivity index (χ3v) is 5.74. The largest absolute Gasteiger partial charge is 0.493 e. The van der Waals surface area contributed by atoms with E-state index >= 15 is 0 Å². The van der Waals surface area contributed by atoms with Gasteiger partial charge in [0.05, 0.1) is 26.2 Å². The van der Waals surface area contributed by atoms with Crippen LogP contribution < -0.4 is 14.2 Å². The summed E-state index contributed by atoms with van der Waals surface area (Å²) in [7, 11) is 0.542. The summed E-state index contributed by atoms with van der Waals surface area (Å²) in [5.41, 5.74) is 0.635. The van der Waals surface area contributed by atoms with Gasteiger partial charge >= 0.3 is 0 Å². The van der Waals surface area contributed by atoms with Gasteiger partial charge in [-0.2, -0.15) is 0 Å². The number of fused-ring (bicyclic) bond motifs is 1. The summed E-state index contributed by atoms with van der Waals surface area (Å²) in [5.74, 6) is 0.600. The molecular formula is C18H16O6S. The molecular weight excluding hydrogens is 344 g/mol. The van der Waals surface area contributed by atoms with Gasteiger partial charge in [0.15, 0.2) is 11.5 Å². The molecule has 0 unspecified atom stereocenters. The number of sulfone groups is 1. The van der Waals surface area contributed by atoms with E-state index in [0.717, 1.165) is 0 Å². The van der Waals surface area contributed by atoms with Gasteiger partial charge in [0.1, 0.15) is 4.91 Å². The van der Waals surface area contributed by atoms with E-state index in [4.69, 9.17) is 14.2 Å². The van der Waals surface area contributed by atoms with E-state index in [-0.39, 0.29) is 15.4 Å². The van der Waals surface area contributed by atoms with Crippen LogP contribution in [0, 0.1) is 0 Å². The van der Waals surface area contributed by atoms with E-state index in [0.29, 0.717) is 22.8 Å². The predicted octanol–water partition coefficient (Wildman–Crippen LogP) is 2.72. The predicted molar refractivity (Wildman–Crippen MR) is 92.0 cm³/mol. The molecule has 130 valence electrons. The van der Waals surface area contributed by atoms with Crippen LogP contribution in [0.25, 0.3) is 6.08 Å². The van der Waals surface area contributed by atoms with Crippen molar-refractivity contribution in [2.45, 2.75) is 4.90 Å². The Morgan fingerprint density at radius 3 is 2.04 bits per heavy atom. The highest BCUT2D eigenvalue weighted by atomic mass is 32.2. The second kappa shape index (κ2) is 6.25. The Morgan fingerprint density at radius 1 is 0.920 bits per heavy atom. The minimum Gasteiger partial charge on any atom is -0.493 e. The molecule has 0 saturated carbocycles. The SMILES string of the molecule is COc1cc(/C=C2\C(=O)c3ccccc3S2(=O)=O)cc(OC)c1OC. The van der Waals surface area contributed by atoms with Crippen LogP contribution in [0.1, 0.15) is 15.9 Å². The van der Waals surface area contributed by atoms with Gasteiger partial charge in [0, 0.05) is 5.56 Å². The molecule has 3 rings (SSSR count). The standard InChI is InChI=1S/C18H16O6S/c1-22-13-8-11(9-14(23-2)18(13)24-3)10-16-17(19)12-6-4-5-7-15(12)25(16,20)21/h4-10H,1-3H3/b16-10+. The van der Waals surface area contributed by atoms with Crippen molar-refractivity contribution < 1.29 is 27.4 Å². The maximum Gasteiger partial charge on any atom is 0.211 e. The van der Waals surface area contributed by atoms with Crippen molar-refractivity contribution in [1.82, 2.24) is 0 Å². The fourth-order valence-electron chi connectivity index (χ4n) is 2.74. The first kappa shape index (κ1) is 17.0. The van der Waals surface area contributed by atoms with Crippen LogP contribution in [0.5, 0.6) is 17.2 Å². The van der Waals surface area contributed by atoms with Gasteiger partial charge in [0.25, 0.3) is 0 Å². The van der Waals surface area contributed by atoms with Crippen molar-refractivity contribution in [3.05, 3.63) is 52.4 Å². The maximum absolute atomic E-state index is 12.7. The zero-order valence-electron chi connectivity index (χ0n) is 13.9. The number of rotatable bonds is 4. The third kappa shape index (κ3) is 2.66. The van der Waals surface area contributed by atoms with E-state index in [2.05, 4.69) is 0 Å². The van der Waals surface area contributed by atoms with Crippen LogP contribution in [-0.2, 0) is 9.84 Å². The van der Waals surface area contributed by atoms with Crippen LogP contribution in [-0.4, -0.2) is 35.5 Å². The summed E-state index contributed by atoms with van der Waals surface area (Å²) < 4.78 is 41.1. The van der Waals surface area contributed by atoms with Crippen LogP contribution in [0.4, 0.5) is 0 Å². The Morgan fingerprint density at radius 2 is 1.52 bits per heavy atom. The Balaban J connectivity index is 2.18. The van der Waals surface area contributed by atoms with Crippen molar-refractivity contribution in [2.24, 2.45) is 0 Å². The Hall–Kier alpha value is -2.80. The Kier molecular flexibility index (Phi) is 4.26. The smallest absolute Gasteiger partial charge is 0.211 e. The molecule has 1 aliphatic rings. The minimum absolute atomic E-state index is 0.0266. The molecule has 1 aliphatic heterocycles. The topological polar surface area (TPSA) is 78.9 Å². The molecule has 1 heterocycles. The summed E-state index contributed by atoms with van der Waals surface area (Å²) in [6, 6.07) is 9.32. The lowest BCUT2D eigenvalue weighted by Crippen LogP contribution is -2.02. The molecule has 0 saturated heterocycles. The highest BCUT2D eigenvalue weighted by molar-refractivity contribution is 7.97. The highest BCUT2D eigenvalue weighted by Crippen LogP contribution is 2.40. The number of methoxy groups -OCH3 is 3. The summed E-state index contributed by atoms with van der Waals surface area (Å²) in [4.78, 5) is 12.3. The molecule has 2 aromatic carbocycles. The van der Waals surface area contributed by atoms with Crippen LogP contribution in [0.3, 0.4) is 0 Å². The van der Waals surface area contributed by atoms with Crippen molar-refractivity contribution in [2.75, 3.05) is 21.3 Å². The van der Waals surface area contributed by atoms with Crippen molar-refractivity contribution >= 4 is 21.7 Å². The van der Waals surface area contributed by atoms with Crippen LogP contribution in [0.2, 0.25) is 0 Å². The van der Waals surface area contributed by atoms with Gasteiger partial charge in [-0.25, -0.2) is 8.42 Å². The van der Waals surface area contributed by atoms with Crippen molar-refractivity contribution in [3.8, 4) is 17.2 Å². The van der Waals surface area contributed by atoms with Gasteiger partial charge in [-0.05, 0) is 35.9 Å². The number of Topliss-reactive ketones (excluding diaryl/α,β-unsaturated/α-hetero) is 1. The Labute approximate surface area is 145 Å². The molecule has 0 bridgehead atoms. The van der Waals surface area contributed by atoms with E-state index in [1.165, 1.54) is 39.5 Å². The number of carbonyl (C=O) groups is 1. The minimum atomic E-state index is -3.85. The Bertz CT molecular complexity index is 963. The fraction of sp³-hybridized carbons (Fsp3) is 0.167. The van der Waals surface area contributed by atoms with Crippen LogP contribution in [0.15, 0.2) is 46.2 Å². The molecule has 0 amide bonds. The van der Waals surface area contributed by atoms with Gasteiger partial charge in [-0.15, -0.1) is 0 Å². The first-order valence-electron chi connectivity index (χ1n) is 7.34. The second-order valence-electron chi connectivity index (χ2n) is 5.30. The first-order chi connectivity index (χ1) is 11.9. The second-order valence-corrected chi connectivity index (χ2v) is 7.18. The molecule has 0 N–H and O–H groups in total. The molecule has 0 aromatic heterocycles. The van der Waals surface area contributed by atoms with Gasteiger partial charge in [-0.1, -0.05) is 12.1 Å². The van der Waals surface area contributed by atoms with Crippen molar-refractivity contribution in [3.63, 3.8) is 0 Å². The molecule has 25 heavy (non-hydrogen) atoms. The third-order valence-electron chi connectivity index (χ3n) is 3.92. The molecule has 0 fully saturated rings. The normalized spacial score (nSPS) is 16.6. The van der Waals surface area contributed by atoms with Crippen LogP contribution >= 0.6 is 0 Å². The molecule has 2 aromatic rings. The van der Waals surface area contributed by atoms with E-state index in [1.54, 1.807) is 24.3 Å². The molecule has 6 nitrogen and oxygen atoms in total. The first-order valence-corrected chi connectivity index (χ1v) is 8.83. The molecule has 0 radical (unpaired) electrons. The van der Waals surface area contributed by atoms with E-state index in [1.807, 2.05) is 0 Å². The number of carbonyl (C=O) groups excluding carboxylic acids is 1. The van der Waals surface area contributed by atoms with Gasteiger partial charge in [0.2, 0.25) is 21.4 Å². The van der Waals surface area contributed by atoms with Gasteiger partial charge < -0.3 is 14.2 Å². The van der Waals surface area contributed by atoms with Crippen molar-refractivity contribution in [1.29, 1.82) is 0 Å². The molecule has 7 heteroatoms. The summed E-state index contributed by atoms with van der Waals surface area (Å²) in [5, 5.41) is 0. The zero-order valence-corrected chi connectivity index (χ0v) is 14.7. The number of allylic oxidation sites excluding steroid dienone is 1. The monoisotopic (exact) mass is 360 g/mol. The number of hydrogen-bond acceptors (Lipinski definition) is 6. The maximum atomic E-state index is 12.7. The lowest BCUT2D eigenvalue weighted by Gasteiger charge is -2.13. The summed E-state index contributed by atoms with van der Waals surface area (Å²) >= 11 is 0. The lowest BCUT2D eigenvalue weighted by atomic mass is 10.1. The van der Waals surface area contributed by atoms with Gasteiger partial charge in [-0.3, -0.25) is 4.79 Å². The quantitative estimate of drug-likeness (QED) is 0.780. The molecule has 0 aliphatic carbocycles.